The molecule has 0 amide bonds. The number of aliphatic hydroxyl groups is 1. The first-order chi connectivity index (χ1) is 6.15. The second-order valence-electron chi connectivity index (χ2n) is 2.67. The summed E-state index contributed by atoms with van der Waals surface area (Å²) in [7, 11) is 0. The number of anilines is 1. The molecule has 0 unspecified atom stereocenters. The number of phenols is 1. The van der Waals surface area contributed by atoms with Crippen molar-refractivity contribution in [1.82, 2.24) is 0 Å². The van der Waals surface area contributed by atoms with Crippen molar-refractivity contribution in [2.24, 2.45) is 0 Å². The molecular weight excluding hydrogens is 170 g/mol. The molecule has 1 aromatic carbocycles. The van der Waals surface area contributed by atoms with E-state index < -0.39 is 0 Å². The quantitative estimate of drug-likeness (QED) is 0.469. The van der Waals surface area contributed by atoms with Gasteiger partial charge in [0.15, 0.2) is 5.78 Å². The van der Waals surface area contributed by atoms with Gasteiger partial charge in [-0.2, -0.15) is 0 Å². The number of benzene rings is 1. The molecule has 4 nitrogen and oxygen atoms in total. The highest BCUT2D eigenvalue weighted by Gasteiger charge is 2.08. The van der Waals surface area contributed by atoms with Gasteiger partial charge in [0.05, 0.1) is 6.61 Å². The molecule has 0 atom stereocenters. The number of Topliss-reactive ketones (excluding diaryl/α,β-unsaturated/α-hetero) is 1. The van der Waals surface area contributed by atoms with Crippen LogP contribution in [-0.2, 0) is 0 Å². The third-order valence-corrected chi connectivity index (χ3v) is 1.67. The van der Waals surface area contributed by atoms with Gasteiger partial charge in [0.1, 0.15) is 5.75 Å². The first kappa shape index (κ1) is 9.54. The Kier molecular flexibility index (Phi) is 2.87. The van der Waals surface area contributed by atoms with E-state index in [-0.39, 0.29) is 30.2 Å². The van der Waals surface area contributed by atoms with Crippen molar-refractivity contribution in [3.8, 4) is 5.75 Å². The Labute approximate surface area is 75.6 Å². The summed E-state index contributed by atoms with van der Waals surface area (Å²) in [5, 5.41) is 17.5. The smallest absolute Gasteiger partial charge is 0.167 e. The van der Waals surface area contributed by atoms with E-state index in [0.29, 0.717) is 5.56 Å². The van der Waals surface area contributed by atoms with E-state index in [2.05, 4.69) is 0 Å². The van der Waals surface area contributed by atoms with Crippen molar-refractivity contribution in [1.29, 1.82) is 0 Å². The lowest BCUT2D eigenvalue weighted by Crippen LogP contribution is -2.05. The van der Waals surface area contributed by atoms with Crippen LogP contribution in [0.1, 0.15) is 16.8 Å². The zero-order chi connectivity index (χ0) is 9.84. The van der Waals surface area contributed by atoms with Crippen molar-refractivity contribution >= 4 is 11.5 Å². The molecule has 70 valence electrons. The molecule has 1 aromatic rings. The van der Waals surface area contributed by atoms with Crippen molar-refractivity contribution in [2.45, 2.75) is 6.42 Å². The van der Waals surface area contributed by atoms with Crippen LogP contribution in [0.4, 0.5) is 5.69 Å². The van der Waals surface area contributed by atoms with Crippen LogP contribution < -0.4 is 5.73 Å². The Morgan fingerprint density at radius 2 is 2.15 bits per heavy atom. The summed E-state index contributed by atoms with van der Waals surface area (Å²) < 4.78 is 0. The monoisotopic (exact) mass is 181 g/mol. The Balaban J connectivity index is 2.95. The van der Waals surface area contributed by atoms with Crippen LogP contribution in [0.25, 0.3) is 0 Å². The lowest BCUT2D eigenvalue weighted by molar-refractivity contribution is 0.0957. The summed E-state index contributed by atoms with van der Waals surface area (Å²) >= 11 is 0. The van der Waals surface area contributed by atoms with E-state index in [4.69, 9.17) is 15.9 Å². The Morgan fingerprint density at radius 3 is 2.69 bits per heavy atom. The van der Waals surface area contributed by atoms with Gasteiger partial charge in [0.25, 0.3) is 0 Å². The highest BCUT2D eigenvalue weighted by atomic mass is 16.3. The molecule has 13 heavy (non-hydrogen) atoms. The molecule has 4 N–H and O–H groups in total. The van der Waals surface area contributed by atoms with Gasteiger partial charge in [-0.3, -0.25) is 4.79 Å². The normalized spacial score (nSPS) is 9.92. The van der Waals surface area contributed by atoms with Crippen molar-refractivity contribution < 1.29 is 15.0 Å². The molecule has 0 spiro atoms. The summed E-state index contributed by atoms with van der Waals surface area (Å²) in [5.74, 6) is -0.196. The molecule has 0 bridgehead atoms. The highest BCUT2D eigenvalue weighted by Crippen LogP contribution is 2.19. The van der Waals surface area contributed by atoms with E-state index in [1.54, 1.807) is 0 Å². The number of nitrogens with two attached hydrogens (primary N) is 1. The van der Waals surface area contributed by atoms with Crippen LogP contribution >= 0.6 is 0 Å². The van der Waals surface area contributed by atoms with Crippen molar-refractivity contribution in [3.63, 3.8) is 0 Å². The first-order valence-corrected chi connectivity index (χ1v) is 3.87. The van der Waals surface area contributed by atoms with Crippen molar-refractivity contribution in [2.75, 3.05) is 12.3 Å². The zero-order valence-electron chi connectivity index (χ0n) is 7.03. The van der Waals surface area contributed by atoms with Gasteiger partial charge in [-0.1, -0.05) is 0 Å². The number of nitrogen functional groups attached to an aromatic ring is 1. The molecular formula is C9H11NO3. The minimum Gasteiger partial charge on any atom is -0.508 e. The maximum Gasteiger partial charge on any atom is 0.167 e. The number of hydrogen-bond donors (Lipinski definition) is 3. The maximum absolute atomic E-state index is 11.3. The van der Waals surface area contributed by atoms with E-state index in [0.717, 1.165) is 0 Å². The second kappa shape index (κ2) is 3.91. The molecule has 0 aliphatic carbocycles. The van der Waals surface area contributed by atoms with E-state index >= 15 is 0 Å². The topological polar surface area (TPSA) is 83.5 Å². The minimum absolute atomic E-state index is 0.0260. The number of carbonyl (C=O) groups is 1. The van der Waals surface area contributed by atoms with Gasteiger partial charge in [-0.15, -0.1) is 0 Å². The largest absolute Gasteiger partial charge is 0.508 e. The average Bonchev–Trinajstić information content (AvgIpc) is 2.04. The van der Waals surface area contributed by atoms with Gasteiger partial charge >= 0.3 is 0 Å². The predicted octanol–water partition coefficient (Wildman–Crippen LogP) is 0.540. The zero-order valence-corrected chi connectivity index (χ0v) is 7.03. The summed E-state index contributed by atoms with van der Waals surface area (Å²) in [4.78, 5) is 11.3. The van der Waals surface area contributed by atoms with Crippen LogP contribution in [0.15, 0.2) is 18.2 Å². The standard InChI is InChI=1S/C9H11NO3/c10-8-5-6(12)1-2-7(8)9(13)3-4-11/h1-2,5,11-12H,3-4,10H2. The number of aliphatic hydroxyl groups excluding tert-OH is 1. The number of phenolic OH excluding ortho intramolecular Hbond substituents is 1. The number of aromatic hydroxyl groups is 1. The number of hydrogen-bond acceptors (Lipinski definition) is 4. The minimum atomic E-state index is -0.222. The molecule has 0 fully saturated rings. The fourth-order valence-corrected chi connectivity index (χ4v) is 1.04. The van der Waals surface area contributed by atoms with Gasteiger partial charge in [-0.05, 0) is 12.1 Å². The Bertz CT molecular complexity index is 323. The SMILES string of the molecule is Nc1cc(O)ccc1C(=O)CCO. The summed E-state index contributed by atoms with van der Waals surface area (Å²) in [6, 6.07) is 4.15. The fourth-order valence-electron chi connectivity index (χ4n) is 1.04. The molecule has 0 saturated heterocycles. The number of rotatable bonds is 3. The molecule has 0 aliphatic heterocycles. The molecule has 0 radical (unpaired) electrons. The molecule has 4 heteroatoms. The number of ketones is 1. The maximum atomic E-state index is 11.3. The van der Waals surface area contributed by atoms with Crippen LogP contribution in [0.5, 0.6) is 5.75 Å². The summed E-state index contributed by atoms with van der Waals surface area (Å²) in [5.41, 5.74) is 6.06. The molecule has 0 heterocycles. The molecule has 0 saturated carbocycles. The van der Waals surface area contributed by atoms with Crippen LogP contribution in [0.3, 0.4) is 0 Å². The Hall–Kier alpha value is -1.55. The third kappa shape index (κ3) is 2.19. The second-order valence-corrected chi connectivity index (χ2v) is 2.67. The highest BCUT2D eigenvalue weighted by molar-refractivity contribution is 6.00. The molecule has 0 aromatic heterocycles. The Morgan fingerprint density at radius 1 is 1.46 bits per heavy atom. The molecule has 1 rings (SSSR count). The van der Waals surface area contributed by atoms with Gasteiger partial charge in [0, 0.05) is 23.7 Å². The molecule has 0 aliphatic rings. The van der Waals surface area contributed by atoms with E-state index in [1.165, 1.54) is 18.2 Å². The predicted molar refractivity (Wildman–Crippen MR) is 48.6 cm³/mol. The summed E-state index contributed by atoms with van der Waals surface area (Å²) in [6.45, 7) is -0.195. The van der Waals surface area contributed by atoms with Crippen molar-refractivity contribution in [3.05, 3.63) is 23.8 Å². The lowest BCUT2D eigenvalue weighted by Gasteiger charge is -2.03. The third-order valence-electron chi connectivity index (χ3n) is 1.67. The first-order valence-electron chi connectivity index (χ1n) is 3.87. The van der Waals surface area contributed by atoms with Gasteiger partial charge in [0.2, 0.25) is 0 Å². The number of carbonyl (C=O) groups excluding carboxylic acids is 1. The van der Waals surface area contributed by atoms with E-state index in [1.807, 2.05) is 0 Å². The summed E-state index contributed by atoms with van der Waals surface area (Å²) in [6.07, 6.45) is 0.0506. The van der Waals surface area contributed by atoms with Gasteiger partial charge in [-0.25, -0.2) is 0 Å². The van der Waals surface area contributed by atoms with Crippen LogP contribution in [-0.4, -0.2) is 22.6 Å². The van der Waals surface area contributed by atoms with Crippen LogP contribution in [0.2, 0.25) is 0 Å². The van der Waals surface area contributed by atoms with E-state index in [9.17, 15) is 4.79 Å². The fraction of sp³-hybridized carbons (Fsp3) is 0.222. The van der Waals surface area contributed by atoms with Crippen LogP contribution in [0, 0.1) is 0 Å². The average molecular weight is 181 g/mol. The lowest BCUT2D eigenvalue weighted by atomic mass is 10.1. The van der Waals surface area contributed by atoms with Gasteiger partial charge < -0.3 is 15.9 Å².